The number of aryl methyl sites for hydroxylation is 1. The molecule has 3 heterocycles. The van der Waals surface area contributed by atoms with Crippen LogP contribution in [0.25, 0.3) is 22.4 Å². The third-order valence-electron chi connectivity index (χ3n) is 3.77. The van der Waals surface area contributed by atoms with Crippen LogP contribution in [0.5, 0.6) is 5.75 Å². The summed E-state index contributed by atoms with van der Waals surface area (Å²) < 4.78 is 7.47. The van der Waals surface area contributed by atoms with E-state index in [4.69, 9.17) is 4.74 Å². The third-order valence-corrected chi connectivity index (χ3v) is 5.69. The summed E-state index contributed by atoms with van der Waals surface area (Å²) in [5.41, 5.74) is 1.90. The second-order valence-electron chi connectivity index (χ2n) is 5.47. The molecule has 0 radical (unpaired) electrons. The fourth-order valence-electron chi connectivity index (χ4n) is 2.47. The van der Waals surface area contributed by atoms with E-state index in [9.17, 15) is 4.79 Å². The molecule has 4 aromatic rings. The van der Waals surface area contributed by atoms with Crippen molar-refractivity contribution in [2.24, 2.45) is 0 Å². The van der Waals surface area contributed by atoms with Gasteiger partial charge in [0, 0.05) is 10.4 Å². The van der Waals surface area contributed by atoms with E-state index in [1.807, 2.05) is 55.6 Å². The van der Waals surface area contributed by atoms with Crippen molar-refractivity contribution in [3.63, 3.8) is 0 Å². The Bertz CT molecular complexity index is 1140. The molecule has 0 fully saturated rings. The summed E-state index contributed by atoms with van der Waals surface area (Å²) in [6, 6.07) is 9.60. The highest BCUT2D eigenvalue weighted by Crippen LogP contribution is 2.21. The van der Waals surface area contributed by atoms with Crippen LogP contribution in [-0.2, 0) is 0 Å². The largest absolute Gasteiger partial charge is 0.494 e. The van der Waals surface area contributed by atoms with Gasteiger partial charge in [-0.2, -0.15) is 9.50 Å². The van der Waals surface area contributed by atoms with E-state index in [-0.39, 0.29) is 5.56 Å². The number of thiazole rings is 1. The maximum atomic E-state index is 12.6. The standard InChI is InChI=1S/C18H15N3O2S2/c1-3-23-13-6-4-12(5-7-13)16-19-18-21(20-16)17(22)15(25-18)10-14-11(2)8-9-24-14/h4-10H,3H2,1-2H3/b15-10-. The fraction of sp³-hybridized carbons (Fsp3) is 0.167. The monoisotopic (exact) mass is 369 g/mol. The summed E-state index contributed by atoms with van der Waals surface area (Å²) in [6.07, 6.45) is 1.92. The minimum absolute atomic E-state index is 0.127. The molecule has 0 N–H and O–H groups in total. The average Bonchev–Trinajstić information content (AvgIpc) is 3.28. The number of thiophene rings is 1. The van der Waals surface area contributed by atoms with E-state index in [1.54, 1.807) is 11.3 Å². The summed E-state index contributed by atoms with van der Waals surface area (Å²) >= 11 is 2.98. The number of nitrogens with zero attached hydrogens (tertiary/aromatic N) is 3. The lowest BCUT2D eigenvalue weighted by Gasteiger charge is -2.02. The Kier molecular flexibility index (Phi) is 4.10. The highest BCUT2D eigenvalue weighted by atomic mass is 32.1. The Morgan fingerprint density at radius 1 is 1.24 bits per heavy atom. The Balaban J connectivity index is 1.74. The molecule has 0 aliphatic heterocycles. The van der Waals surface area contributed by atoms with Crippen molar-refractivity contribution < 1.29 is 4.74 Å². The van der Waals surface area contributed by atoms with E-state index in [2.05, 4.69) is 10.1 Å². The average molecular weight is 369 g/mol. The topological polar surface area (TPSA) is 56.5 Å². The molecule has 0 saturated carbocycles. The van der Waals surface area contributed by atoms with Gasteiger partial charge in [-0.15, -0.1) is 16.4 Å². The third kappa shape index (κ3) is 2.96. The molecule has 0 unspecified atom stereocenters. The van der Waals surface area contributed by atoms with Gasteiger partial charge >= 0.3 is 0 Å². The van der Waals surface area contributed by atoms with Gasteiger partial charge in [-0.25, -0.2) is 0 Å². The lowest BCUT2D eigenvalue weighted by molar-refractivity contribution is 0.340. The van der Waals surface area contributed by atoms with Crippen molar-refractivity contribution in [3.05, 3.63) is 61.0 Å². The number of hydrogen-bond acceptors (Lipinski definition) is 6. The van der Waals surface area contributed by atoms with Gasteiger partial charge in [0.15, 0.2) is 5.82 Å². The van der Waals surface area contributed by atoms with Crippen LogP contribution in [0.4, 0.5) is 0 Å². The van der Waals surface area contributed by atoms with Gasteiger partial charge in [0.2, 0.25) is 4.96 Å². The van der Waals surface area contributed by atoms with Crippen LogP contribution in [0.1, 0.15) is 17.4 Å². The first kappa shape index (κ1) is 16.0. The van der Waals surface area contributed by atoms with Gasteiger partial charge < -0.3 is 4.74 Å². The van der Waals surface area contributed by atoms with Crippen molar-refractivity contribution in [1.82, 2.24) is 14.6 Å². The smallest absolute Gasteiger partial charge is 0.291 e. The molecule has 0 atom stereocenters. The van der Waals surface area contributed by atoms with Crippen LogP contribution < -0.4 is 14.8 Å². The van der Waals surface area contributed by atoms with E-state index >= 15 is 0 Å². The van der Waals surface area contributed by atoms with E-state index in [0.717, 1.165) is 16.2 Å². The first-order valence-electron chi connectivity index (χ1n) is 7.84. The molecule has 7 heteroatoms. The molecule has 3 aromatic heterocycles. The maximum absolute atomic E-state index is 12.6. The minimum atomic E-state index is -0.127. The maximum Gasteiger partial charge on any atom is 0.291 e. The molecular weight excluding hydrogens is 354 g/mol. The summed E-state index contributed by atoms with van der Waals surface area (Å²) in [5, 5.41) is 6.40. The number of benzene rings is 1. The number of rotatable bonds is 4. The van der Waals surface area contributed by atoms with Crippen molar-refractivity contribution in [2.75, 3.05) is 6.61 Å². The summed E-state index contributed by atoms with van der Waals surface area (Å²) in [7, 11) is 0. The minimum Gasteiger partial charge on any atom is -0.494 e. The molecule has 0 aliphatic carbocycles. The van der Waals surface area contributed by atoms with Crippen LogP contribution in [0.15, 0.2) is 40.5 Å². The Hall–Kier alpha value is -2.51. The van der Waals surface area contributed by atoms with Crippen LogP contribution >= 0.6 is 22.7 Å². The SMILES string of the molecule is CCOc1ccc(-c2nc3s/c(=C\c4sccc4C)c(=O)n3n2)cc1. The van der Waals surface area contributed by atoms with Gasteiger partial charge in [0.05, 0.1) is 11.1 Å². The molecule has 0 saturated heterocycles. The molecule has 5 nitrogen and oxygen atoms in total. The zero-order valence-electron chi connectivity index (χ0n) is 13.7. The molecule has 0 bridgehead atoms. The van der Waals surface area contributed by atoms with Crippen LogP contribution in [0.2, 0.25) is 0 Å². The Morgan fingerprint density at radius 2 is 2.04 bits per heavy atom. The Morgan fingerprint density at radius 3 is 2.68 bits per heavy atom. The molecular formula is C18H15N3O2S2. The number of aromatic nitrogens is 3. The predicted octanol–water partition coefficient (Wildman–Crippen LogP) is 3.13. The predicted molar refractivity (Wildman–Crippen MR) is 102 cm³/mol. The summed E-state index contributed by atoms with van der Waals surface area (Å²) in [5.74, 6) is 1.35. The molecule has 1 aromatic carbocycles. The van der Waals surface area contributed by atoms with Gasteiger partial charge in [-0.1, -0.05) is 11.3 Å². The van der Waals surface area contributed by atoms with Crippen LogP contribution in [0.3, 0.4) is 0 Å². The number of hydrogen-bond donors (Lipinski definition) is 0. The highest BCUT2D eigenvalue weighted by molar-refractivity contribution is 7.15. The van der Waals surface area contributed by atoms with Crippen molar-refractivity contribution in [2.45, 2.75) is 13.8 Å². The van der Waals surface area contributed by atoms with Crippen molar-refractivity contribution in [3.8, 4) is 17.1 Å². The van der Waals surface area contributed by atoms with Gasteiger partial charge in [-0.3, -0.25) is 4.79 Å². The molecule has 0 aliphatic rings. The Labute approximate surface area is 151 Å². The van der Waals surface area contributed by atoms with Gasteiger partial charge in [-0.05, 0) is 61.2 Å². The zero-order chi connectivity index (χ0) is 17.4. The van der Waals surface area contributed by atoms with Crippen LogP contribution in [-0.4, -0.2) is 21.2 Å². The molecule has 4 rings (SSSR count). The van der Waals surface area contributed by atoms with Gasteiger partial charge in [0.25, 0.3) is 5.56 Å². The molecule has 25 heavy (non-hydrogen) atoms. The first-order chi connectivity index (χ1) is 12.2. The molecule has 126 valence electrons. The van der Waals surface area contributed by atoms with E-state index in [1.165, 1.54) is 21.4 Å². The van der Waals surface area contributed by atoms with Crippen molar-refractivity contribution in [1.29, 1.82) is 0 Å². The van der Waals surface area contributed by atoms with Crippen molar-refractivity contribution >= 4 is 33.7 Å². The summed E-state index contributed by atoms with van der Waals surface area (Å²) in [6.45, 7) is 4.61. The first-order valence-corrected chi connectivity index (χ1v) is 9.54. The molecule has 0 amide bonds. The second kappa shape index (κ2) is 6.42. The second-order valence-corrected chi connectivity index (χ2v) is 7.43. The van der Waals surface area contributed by atoms with Crippen LogP contribution in [0, 0.1) is 6.92 Å². The summed E-state index contributed by atoms with van der Waals surface area (Å²) in [4.78, 5) is 18.8. The highest BCUT2D eigenvalue weighted by Gasteiger charge is 2.12. The fourth-order valence-corrected chi connectivity index (χ4v) is 4.30. The molecule has 0 spiro atoms. The number of fused-ring (bicyclic) bond motifs is 1. The normalized spacial score (nSPS) is 12.2. The zero-order valence-corrected chi connectivity index (χ0v) is 15.4. The van der Waals surface area contributed by atoms with E-state index < -0.39 is 0 Å². The van der Waals surface area contributed by atoms with E-state index in [0.29, 0.717) is 21.9 Å². The number of ether oxygens (including phenoxy) is 1. The lowest BCUT2D eigenvalue weighted by atomic mass is 10.2. The lowest BCUT2D eigenvalue weighted by Crippen LogP contribution is -2.23. The van der Waals surface area contributed by atoms with Gasteiger partial charge in [0.1, 0.15) is 5.75 Å². The quantitative estimate of drug-likeness (QED) is 0.555.